The molecule has 0 aromatic carbocycles. The molecule has 1 nitrogen and oxygen atoms in total. The van der Waals surface area contributed by atoms with Crippen LogP contribution in [0.3, 0.4) is 0 Å². The van der Waals surface area contributed by atoms with Crippen LogP contribution in [0.1, 0.15) is 84.5 Å². The average molecular weight is 238 g/mol. The third-order valence-electron chi connectivity index (χ3n) is 4.22. The van der Waals surface area contributed by atoms with Crippen molar-refractivity contribution in [3.8, 4) is 0 Å². The van der Waals surface area contributed by atoms with Gasteiger partial charge in [-0.1, -0.05) is 58.8 Å². The molecule has 1 saturated carbocycles. The van der Waals surface area contributed by atoms with Gasteiger partial charge >= 0.3 is 0 Å². The molecule has 0 radical (unpaired) electrons. The summed E-state index contributed by atoms with van der Waals surface area (Å²) in [6, 6.07) is 0. The van der Waals surface area contributed by atoms with E-state index in [0.29, 0.717) is 17.6 Å². The number of hydrogen-bond donors (Lipinski definition) is 0. The first-order valence-corrected chi connectivity index (χ1v) is 7.83. The van der Waals surface area contributed by atoms with Crippen LogP contribution in [0, 0.1) is 11.8 Å². The van der Waals surface area contributed by atoms with Crippen LogP contribution in [-0.4, -0.2) is 5.78 Å². The van der Waals surface area contributed by atoms with Crippen LogP contribution in [0.5, 0.6) is 0 Å². The lowest BCUT2D eigenvalue weighted by Crippen LogP contribution is -2.22. The second kappa shape index (κ2) is 8.72. The first kappa shape index (κ1) is 14.7. The van der Waals surface area contributed by atoms with Crippen molar-refractivity contribution in [2.75, 3.05) is 0 Å². The van der Waals surface area contributed by atoms with Crippen LogP contribution in [0.2, 0.25) is 0 Å². The number of carbonyl (C=O) groups excluding carboxylic acids is 1. The molecule has 1 aliphatic carbocycles. The predicted octanol–water partition coefficient (Wildman–Crippen LogP) is 5.13. The molecule has 0 aromatic heterocycles. The quantitative estimate of drug-likeness (QED) is 0.509. The van der Waals surface area contributed by atoms with Crippen molar-refractivity contribution in [3.05, 3.63) is 0 Å². The van der Waals surface area contributed by atoms with E-state index in [0.717, 1.165) is 12.8 Å². The maximum absolute atomic E-state index is 12.4. The second-order valence-corrected chi connectivity index (χ2v) is 5.72. The largest absolute Gasteiger partial charge is 0.299 e. The van der Waals surface area contributed by atoms with Crippen LogP contribution < -0.4 is 0 Å². The van der Waals surface area contributed by atoms with E-state index in [1.165, 1.54) is 57.8 Å². The van der Waals surface area contributed by atoms with E-state index in [1.807, 2.05) is 0 Å². The first-order valence-electron chi connectivity index (χ1n) is 7.83. The molecule has 0 spiro atoms. The van der Waals surface area contributed by atoms with Gasteiger partial charge in [-0.2, -0.15) is 0 Å². The van der Waals surface area contributed by atoms with E-state index in [-0.39, 0.29) is 0 Å². The molecule has 0 bridgehead atoms. The van der Waals surface area contributed by atoms with Gasteiger partial charge in [0.05, 0.1) is 0 Å². The molecule has 100 valence electrons. The van der Waals surface area contributed by atoms with Crippen molar-refractivity contribution in [2.45, 2.75) is 84.5 Å². The number of carbonyl (C=O) groups is 1. The molecule has 1 heteroatoms. The zero-order chi connectivity index (χ0) is 12.5. The van der Waals surface area contributed by atoms with Gasteiger partial charge in [-0.25, -0.2) is 0 Å². The molecule has 1 fully saturated rings. The van der Waals surface area contributed by atoms with Gasteiger partial charge in [0, 0.05) is 11.8 Å². The first-order chi connectivity index (χ1) is 8.29. The molecule has 0 heterocycles. The Bertz CT molecular complexity index is 204. The Morgan fingerprint density at radius 2 is 1.59 bits per heavy atom. The third-order valence-corrected chi connectivity index (χ3v) is 4.22. The lowest BCUT2D eigenvalue weighted by atomic mass is 9.84. The standard InChI is InChI=1S/C16H30O/c1-3-5-7-11-14(10-6-4-2)16(17)15-12-8-9-13-15/h14-15H,3-13H2,1-2H3. The van der Waals surface area contributed by atoms with Gasteiger partial charge in [-0.3, -0.25) is 4.79 Å². The Kier molecular flexibility index (Phi) is 7.55. The second-order valence-electron chi connectivity index (χ2n) is 5.72. The monoisotopic (exact) mass is 238 g/mol. The van der Waals surface area contributed by atoms with Crippen molar-refractivity contribution in [1.29, 1.82) is 0 Å². The van der Waals surface area contributed by atoms with Crippen molar-refractivity contribution in [3.63, 3.8) is 0 Å². The number of unbranched alkanes of at least 4 members (excludes halogenated alkanes) is 3. The number of rotatable bonds is 9. The zero-order valence-electron chi connectivity index (χ0n) is 11.8. The average Bonchev–Trinajstić information content (AvgIpc) is 2.86. The van der Waals surface area contributed by atoms with Gasteiger partial charge in [0.15, 0.2) is 0 Å². The number of hydrogen-bond acceptors (Lipinski definition) is 1. The van der Waals surface area contributed by atoms with Gasteiger partial charge in [0.2, 0.25) is 0 Å². The Morgan fingerprint density at radius 1 is 1.00 bits per heavy atom. The van der Waals surface area contributed by atoms with Crippen molar-refractivity contribution < 1.29 is 4.79 Å². The highest BCUT2D eigenvalue weighted by Crippen LogP contribution is 2.31. The summed E-state index contributed by atoms with van der Waals surface area (Å²) in [5.74, 6) is 1.44. The maximum Gasteiger partial charge on any atom is 0.139 e. The van der Waals surface area contributed by atoms with Crippen molar-refractivity contribution in [2.24, 2.45) is 11.8 Å². The van der Waals surface area contributed by atoms with Gasteiger partial charge in [0.1, 0.15) is 5.78 Å². The normalized spacial score (nSPS) is 18.5. The molecule has 0 saturated heterocycles. The fourth-order valence-electron chi connectivity index (χ4n) is 3.06. The van der Waals surface area contributed by atoms with E-state index in [2.05, 4.69) is 13.8 Å². The highest BCUT2D eigenvalue weighted by atomic mass is 16.1. The summed E-state index contributed by atoms with van der Waals surface area (Å²) in [4.78, 5) is 12.4. The fourth-order valence-corrected chi connectivity index (χ4v) is 3.06. The predicted molar refractivity (Wildman–Crippen MR) is 74.1 cm³/mol. The highest BCUT2D eigenvalue weighted by Gasteiger charge is 2.28. The minimum absolute atomic E-state index is 0.393. The maximum atomic E-state index is 12.4. The van der Waals surface area contributed by atoms with Crippen LogP contribution in [0.4, 0.5) is 0 Å². The van der Waals surface area contributed by atoms with Gasteiger partial charge < -0.3 is 0 Å². The minimum atomic E-state index is 0.393. The zero-order valence-corrected chi connectivity index (χ0v) is 11.8. The third kappa shape index (κ3) is 5.23. The fraction of sp³-hybridized carbons (Fsp3) is 0.938. The summed E-state index contributed by atoms with van der Waals surface area (Å²) >= 11 is 0. The van der Waals surface area contributed by atoms with E-state index < -0.39 is 0 Å². The van der Waals surface area contributed by atoms with Gasteiger partial charge in [-0.15, -0.1) is 0 Å². The van der Waals surface area contributed by atoms with Crippen molar-refractivity contribution in [1.82, 2.24) is 0 Å². The van der Waals surface area contributed by atoms with Gasteiger partial charge in [-0.05, 0) is 25.7 Å². The Morgan fingerprint density at radius 3 is 2.18 bits per heavy atom. The summed E-state index contributed by atoms with van der Waals surface area (Å²) in [7, 11) is 0. The van der Waals surface area contributed by atoms with Crippen LogP contribution in [0.15, 0.2) is 0 Å². The van der Waals surface area contributed by atoms with Crippen LogP contribution in [0.25, 0.3) is 0 Å². The molecular formula is C16H30O. The summed E-state index contributed by atoms with van der Waals surface area (Å²) < 4.78 is 0. The summed E-state index contributed by atoms with van der Waals surface area (Å²) in [5, 5.41) is 0. The Hall–Kier alpha value is -0.330. The summed E-state index contributed by atoms with van der Waals surface area (Å²) in [6.45, 7) is 4.46. The smallest absolute Gasteiger partial charge is 0.139 e. The molecule has 1 unspecified atom stereocenters. The van der Waals surface area contributed by atoms with Crippen LogP contribution in [-0.2, 0) is 4.79 Å². The molecule has 0 N–H and O–H groups in total. The Labute approximate surface area is 107 Å². The Balaban J connectivity index is 2.39. The molecule has 17 heavy (non-hydrogen) atoms. The molecule has 0 aliphatic heterocycles. The van der Waals surface area contributed by atoms with E-state index >= 15 is 0 Å². The van der Waals surface area contributed by atoms with Crippen molar-refractivity contribution >= 4 is 5.78 Å². The SMILES string of the molecule is CCCCCC(CCCC)C(=O)C1CCCC1. The lowest BCUT2D eigenvalue weighted by Gasteiger charge is -2.19. The molecule has 1 rings (SSSR count). The molecular weight excluding hydrogens is 208 g/mol. The number of ketones is 1. The van der Waals surface area contributed by atoms with E-state index in [4.69, 9.17) is 0 Å². The summed E-state index contributed by atoms with van der Waals surface area (Å²) in [6.07, 6.45) is 13.5. The molecule has 0 aromatic rings. The number of Topliss-reactive ketones (excluding diaryl/α,β-unsaturated/α-hetero) is 1. The van der Waals surface area contributed by atoms with E-state index in [9.17, 15) is 4.79 Å². The molecule has 1 aliphatic rings. The minimum Gasteiger partial charge on any atom is -0.299 e. The molecule has 0 amide bonds. The lowest BCUT2D eigenvalue weighted by molar-refractivity contribution is -0.127. The topological polar surface area (TPSA) is 17.1 Å². The molecule has 1 atom stereocenters. The highest BCUT2D eigenvalue weighted by molar-refractivity contribution is 5.83. The van der Waals surface area contributed by atoms with Crippen LogP contribution >= 0.6 is 0 Å². The van der Waals surface area contributed by atoms with E-state index in [1.54, 1.807) is 0 Å². The van der Waals surface area contributed by atoms with Gasteiger partial charge in [0.25, 0.3) is 0 Å². The summed E-state index contributed by atoms with van der Waals surface area (Å²) in [5.41, 5.74) is 0.